The van der Waals surface area contributed by atoms with Gasteiger partial charge in [0.15, 0.2) is 0 Å². The number of aromatic nitrogens is 4. The summed E-state index contributed by atoms with van der Waals surface area (Å²) in [4.78, 5) is 4.19. The molecule has 7 heteroatoms. The van der Waals surface area contributed by atoms with E-state index in [0.29, 0.717) is 13.2 Å². The van der Waals surface area contributed by atoms with E-state index in [1.165, 1.54) is 0 Å². The van der Waals surface area contributed by atoms with Gasteiger partial charge in [0.25, 0.3) is 0 Å². The second kappa shape index (κ2) is 6.57. The molecule has 3 rings (SSSR count). The van der Waals surface area contributed by atoms with Crippen LogP contribution in [0.2, 0.25) is 0 Å². The first-order valence-electron chi connectivity index (χ1n) is 6.91. The fourth-order valence-electron chi connectivity index (χ4n) is 1.91. The molecule has 22 heavy (non-hydrogen) atoms. The molecular weight excluding hydrogens is 298 g/mol. The number of hydrogen-bond acceptors (Lipinski definition) is 6. The van der Waals surface area contributed by atoms with Crippen LogP contribution in [0.1, 0.15) is 17.1 Å². The molecule has 114 valence electrons. The minimum absolute atomic E-state index is 0.499. The number of rotatable bonds is 6. The third-order valence-electron chi connectivity index (χ3n) is 3.34. The van der Waals surface area contributed by atoms with Gasteiger partial charge in [-0.1, -0.05) is 12.1 Å². The zero-order valence-corrected chi connectivity index (χ0v) is 13.3. The van der Waals surface area contributed by atoms with Crippen LogP contribution >= 0.6 is 11.3 Å². The highest BCUT2D eigenvalue weighted by atomic mass is 32.1. The minimum Gasteiger partial charge on any atom is -0.487 e. The second-order valence-corrected chi connectivity index (χ2v) is 5.61. The largest absolute Gasteiger partial charge is 0.487 e. The molecule has 0 bridgehead atoms. The SMILES string of the molecule is Cc1nnc(NCc2ccc(OCc3cscn3)cc2)n1C. The molecule has 0 aliphatic heterocycles. The Hall–Kier alpha value is -2.41. The maximum atomic E-state index is 5.69. The van der Waals surface area contributed by atoms with Crippen molar-refractivity contribution < 1.29 is 4.74 Å². The zero-order valence-electron chi connectivity index (χ0n) is 12.5. The molecule has 0 saturated heterocycles. The maximum absolute atomic E-state index is 5.69. The number of nitrogens with zero attached hydrogens (tertiary/aromatic N) is 4. The summed E-state index contributed by atoms with van der Waals surface area (Å²) in [5.41, 5.74) is 3.91. The van der Waals surface area contributed by atoms with E-state index >= 15 is 0 Å². The van der Waals surface area contributed by atoms with Gasteiger partial charge in [0.05, 0.1) is 11.2 Å². The number of aryl methyl sites for hydroxylation is 1. The first-order valence-corrected chi connectivity index (χ1v) is 7.85. The first-order chi connectivity index (χ1) is 10.7. The van der Waals surface area contributed by atoms with Crippen molar-refractivity contribution in [2.75, 3.05) is 5.32 Å². The van der Waals surface area contributed by atoms with E-state index in [1.807, 2.05) is 53.7 Å². The maximum Gasteiger partial charge on any atom is 0.224 e. The number of anilines is 1. The van der Waals surface area contributed by atoms with Crippen LogP contribution in [0.5, 0.6) is 5.75 Å². The van der Waals surface area contributed by atoms with Gasteiger partial charge in [0.2, 0.25) is 5.95 Å². The predicted molar refractivity (Wildman–Crippen MR) is 86.0 cm³/mol. The molecule has 1 aromatic carbocycles. The number of nitrogens with one attached hydrogen (secondary N) is 1. The van der Waals surface area contributed by atoms with Gasteiger partial charge >= 0.3 is 0 Å². The van der Waals surface area contributed by atoms with E-state index in [-0.39, 0.29) is 0 Å². The minimum atomic E-state index is 0.499. The molecule has 1 N–H and O–H groups in total. The number of ether oxygens (including phenoxy) is 1. The van der Waals surface area contributed by atoms with E-state index in [2.05, 4.69) is 20.5 Å². The van der Waals surface area contributed by atoms with Crippen molar-refractivity contribution in [3.63, 3.8) is 0 Å². The van der Waals surface area contributed by atoms with Crippen LogP contribution in [-0.4, -0.2) is 19.7 Å². The lowest BCUT2D eigenvalue weighted by atomic mass is 10.2. The summed E-state index contributed by atoms with van der Waals surface area (Å²) in [5.74, 6) is 2.49. The van der Waals surface area contributed by atoms with Crippen molar-refractivity contribution in [1.82, 2.24) is 19.7 Å². The number of benzene rings is 1. The van der Waals surface area contributed by atoms with Crippen molar-refractivity contribution in [2.24, 2.45) is 7.05 Å². The molecular formula is C15H17N5OS. The van der Waals surface area contributed by atoms with Crippen LogP contribution in [-0.2, 0) is 20.2 Å². The second-order valence-electron chi connectivity index (χ2n) is 4.90. The van der Waals surface area contributed by atoms with E-state index < -0.39 is 0 Å². The average Bonchev–Trinajstić information content (AvgIpc) is 3.16. The topological polar surface area (TPSA) is 64.9 Å². The van der Waals surface area contributed by atoms with Crippen LogP contribution in [0.3, 0.4) is 0 Å². The molecule has 0 fully saturated rings. The Morgan fingerprint density at radius 3 is 2.68 bits per heavy atom. The fourth-order valence-corrected chi connectivity index (χ4v) is 2.45. The zero-order chi connectivity index (χ0) is 15.4. The van der Waals surface area contributed by atoms with Crippen molar-refractivity contribution in [1.29, 1.82) is 0 Å². The van der Waals surface area contributed by atoms with Gasteiger partial charge in [-0.3, -0.25) is 0 Å². The average molecular weight is 315 g/mol. The van der Waals surface area contributed by atoms with Crippen LogP contribution in [0.4, 0.5) is 5.95 Å². The lowest BCUT2D eigenvalue weighted by Crippen LogP contribution is -2.05. The predicted octanol–water partition coefficient (Wildman–Crippen LogP) is 2.77. The highest BCUT2D eigenvalue weighted by Gasteiger charge is 2.04. The van der Waals surface area contributed by atoms with Gasteiger partial charge in [0, 0.05) is 19.0 Å². The van der Waals surface area contributed by atoms with E-state index in [9.17, 15) is 0 Å². The molecule has 3 aromatic rings. The fraction of sp³-hybridized carbons (Fsp3) is 0.267. The standard InChI is InChI=1S/C15H17N5OS/c1-11-18-19-15(20(11)2)16-7-12-3-5-14(6-4-12)21-8-13-9-22-10-17-13/h3-6,9-10H,7-8H2,1-2H3,(H,16,19). The monoisotopic (exact) mass is 315 g/mol. The van der Waals surface area contributed by atoms with Gasteiger partial charge < -0.3 is 14.6 Å². The van der Waals surface area contributed by atoms with E-state index in [1.54, 1.807) is 11.3 Å². The molecule has 0 aliphatic carbocycles. The summed E-state index contributed by atoms with van der Waals surface area (Å²) in [7, 11) is 1.94. The Balaban J connectivity index is 1.54. The molecule has 0 saturated carbocycles. The van der Waals surface area contributed by atoms with Crippen molar-refractivity contribution in [3.8, 4) is 5.75 Å². The highest BCUT2D eigenvalue weighted by Crippen LogP contribution is 2.15. The van der Waals surface area contributed by atoms with Crippen molar-refractivity contribution >= 4 is 17.3 Å². The third kappa shape index (κ3) is 3.43. The Bertz CT molecular complexity index is 721. The first kappa shape index (κ1) is 14.5. The molecule has 0 radical (unpaired) electrons. The third-order valence-corrected chi connectivity index (χ3v) is 3.97. The summed E-state index contributed by atoms with van der Waals surface area (Å²) in [6, 6.07) is 8.00. The molecule has 2 heterocycles. The molecule has 0 amide bonds. The lowest BCUT2D eigenvalue weighted by Gasteiger charge is -2.08. The summed E-state index contributed by atoms with van der Waals surface area (Å²) >= 11 is 1.57. The smallest absolute Gasteiger partial charge is 0.224 e. The summed E-state index contributed by atoms with van der Waals surface area (Å²) < 4.78 is 7.61. The van der Waals surface area contributed by atoms with Crippen LogP contribution in [0.15, 0.2) is 35.2 Å². The summed E-state index contributed by atoms with van der Waals surface area (Å²) in [6.45, 7) is 3.12. The normalized spacial score (nSPS) is 10.6. The van der Waals surface area contributed by atoms with E-state index in [0.717, 1.165) is 28.8 Å². The quantitative estimate of drug-likeness (QED) is 0.758. The summed E-state index contributed by atoms with van der Waals surface area (Å²) in [6.07, 6.45) is 0. The number of hydrogen-bond donors (Lipinski definition) is 1. The number of thiazole rings is 1. The van der Waals surface area contributed by atoms with Gasteiger partial charge in [-0.15, -0.1) is 21.5 Å². The molecule has 2 aromatic heterocycles. The van der Waals surface area contributed by atoms with Crippen LogP contribution in [0.25, 0.3) is 0 Å². The van der Waals surface area contributed by atoms with Gasteiger partial charge in [0.1, 0.15) is 18.2 Å². The Morgan fingerprint density at radius 2 is 2.05 bits per heavy atom. The Morgan fingerprint density at radius 1 is 1.23 bits per heavy atom. The molecule has 0 atom stereocenters. The van der Waals surface area contributed by atoms with Crippen LogP contribution in [0, 0.1) is 6.92 Å². The molecule has 0 spiro atoms. The van der Waals surface area contributed by atoms with Crippen molar-refractivity contribution in [3.05, 3.63) is 52.2 Å². The summed E-state index contributed by atoms with van der Waals surface area (Å²) in [5, 5.41) is 13.3. The lowest BCUT2D eigenvalue weighted by molar-refractivity contribution is 0.302. The molecule has 6 nitrogen and oxygen atoms in total. The Kier molecular flexibility index (Phi) is 4.34. The molecule has 0 aliphatic rings. The van der Waals surface area contributed by atoms with Crippen molar-refractivity contribution in [2.45, 2.75) is 20.1 Å². The van der Waals surface area contributed by atoms with Gasteiger partial charge in [-0.25, -0.2) is 4.98 Å². The Labute approximate surface area is 132 Å². The van der Waals surface area contributed by atoms with Gasteiger partial charge in [-0.05, 0) is 24.6 Å². The van der Waals surface area contributed by atoms with Crippen LogP contribution < -0.4 is 10.1 Å². The van der Waals surface area contributed by atoms with E-state index in [4.69, 9.17) is 4.74 Å². The molecule has 0 unspecified atom stereocenters. The van der Waals surface area contributed by atoms with Gasteiger partial charge in [-0.2, -0.15) is 0 Å². The highest BCUT2D eigenvalue weighted by molar-refractivity contribution is 7.07.